The largest absolute Gasteiger partial charge is 0.324 e. The van der Waals surface area contributed by atoms with E-state index in [0.29, 0.717) is 22.9 Å². The average Bonchev–Trinajstić information content (AvgIpc) is 2.91. The van der Waals surface area contributed by atoms with Gasteiger partial charge < -0.3 is 10.6 Å². The number of anilines is 2. The first-order valence-electron chi connectivity index (χ1n) is 11.2. The van der Waals surface area contributed by atoms with E-state index in [9.17, 15) is 9.59 Å². The monoisotopic (exact) mass is 498 g/mol. The Hall–Kier alpha value is -3.48. The molecule has 0 aliphatic heterocycles. The third kappa shape index (κ3) is 6.78. The number of carbonyl (C=O) groups excluding carboxylic acids is 2. The standard InChI is InChI=1S/C29H26N2O2S2/c32-27(30-25-17-9-3-10-18-25)29(34-21-23-13-5-1-6-14-23,35-22-24-15-7-2-8-16-24)28(33)31-26-19-11-4-12-20-26/h1-20H,21-22H2,(H,30,32)(H,31,33). The molecule has 4 nitrogen and oxygen atoms in total. The van der Waals surface area contributed by atoms with E-state index in [1.165, 1.54) is 23.5 Å². The Bertz CT molecular complexity index is 1120. The van der Waals surface area contributed by atoms with Gasteiger partial charge in [0, 0.05) is 22.9 Å². The van der Waals surface area contributed by atoms with Gasteiger partial charge in [-0.3, -0.25) is 9.59 Å². The SMILES string of the molecule is O=C(Nc1ccccc1)C(SCc1ccccc1)(SCc1ccccc1)C(=O)Nc1ccccc1. The van der Waals surface area contributed by atoms with Crippen LogP contribution in [0, 0.1) is 0 Å². The van der Waals surface area contributed by atoms with E-state index in [1.54, 1.807) is 0 Å². The van der Waals surface area contributed by atoms with Gasteiger partial charge in [-0.15, -0.1) is 23.5 Å². The molecule has 0 heterocycles. The number of carbonyl (C=O) groups is 2. The molecule has 0 fully saturated rings. The van der Waals surface area contributed by atoms with Crippen LogP contribution in [-0.4, -0.2) is 15.9 Å². The highest BCUT2D eigenvalue weighted by atomic mass is 32.2. The van der Waals surface area contributed by atoms with Crippen molar-refractivity contribution in [1.29, 1.82) is 0 Å². The van der Waals surface area contributed by atoms with Crippen LogP contribution in [0.1, 0.15) is 11.1 Å². The molecule has 6 heteroatoms. The lowest BCUT2D eigenvalue weighted by Gasteiger charge is -2.30. The van der Waals surface area contributed by atoms with Gasteiger partial charge in [-0.05, 0) is 35.4 Å². The second-order valence-corrected chi connectivity index (χ2v) is 10.4. The molecule has 2 amide bonds. The molecular weight excluding hydrogens is 472 g/mol. The molecule has 0 atom stereocenters. The summed E-state index contributed by atoms with van der Waals surface area (Å²) < 4.78 is -1.43. The summed E-state index contributed by atoms with van der Waals surface area (Å²) in [5, 5.41) is 5.96. The summed E-state index contributed by atoms with van der Waals surface area (Å²) in [6, 6.07) is 38.3. The Kier molecular flexibility index (Phi) is 8.65. The first-order valence-corrected chi connectivity index (χ1v) is 13.2. The van der Waals surface area contributed by atoms with Gasteiger partial charge in [-0.2, -0.15) is 0 Å². The molecule has 0 aliphatic rings. The molecule has 0 aromatic heterocycles. The predicted octanol–water partition coefficient (Wildman–Crippen LogP) is 6.83. The molecule has 0 spiro atoms. The summed E-state index contributed by atoms with van der Waals surface area (Å²) in [6.45, 7) is 0. The zero-order chi connectivity index (χ0) is 24.3. The fourth-order valence-corrected chi connectivity index (χ4v) is 5.94. The summed E-state index contributed by atoms with van der Waals surface area (Å²) in [7, 11) is 0. The van der Waals surface area contributed by atoms with Gasteiger partial charge >= 0.3 is 0 Å². The molecule has 4 aromatic rings. The highest BCUT2D eigenvalue weighted by Gasteiger charge is 2.47. The second kappa shape index (κ2) is 12.3. The lowest BCUT2D eigenvalue weighted by Crippen LogP contribution is -2.47. The van der Waals surface area contributed by atoms with Crippen LogP contribution >= 0.6 is 23.5 Å². The molecule has 0 saturated carbocycles. The maximum atomic E-state index is 13.9. The summed E-state index contributed by atoms with van der Waals surface area (Å²) in [5.74, 6) is 0.290. The number of para-hydroxylation sites is 2. The van der Waals surface area contributed by atoms with E-state index in [-0.39, 0.29) is 11.8 Å². The Morgan fingerprint density at radius 3 is 1.17 bits per heavy atom. The Morgan fingerprint density at radius 1 is 0.514 bits per heavy atom. The Morgan fingerprint density at radius 2 is 0.829 bits per heavy atom. The van der Waals surface area contributed by atoms with Crippen LogP contribution in [0.3, 0.4) is 0 Å². The van der Waals surface area contributed by atoms with Gasteiger partial charge in [0.1, 0.15) is 0 Å². The third-order valence-electron chi connectivity index (χ3n) is 5.23. The van der Waals surface area contributed by atoms with Crippen LogP contribution in [0.25, 0.3) is 0 Å². The molecule has 35 heavy (non-hydrogen) atoms. The maximum Gasteiger partial charge on any atom is 0.260 e. The first-order chi connectivity index (χ1) is 17.2. The van der Waals surface area contributed by atoms with Gasteiger partial charge in [0.15, 0.2) is 0 Å². The number of benzene rings is 4. The lowest BCUT2D eigenvalue weighted by molar-refractivity contribution is -0.124. The third-order valence-corrected chi connectivity index (χ3v) is 8.45. The van der Waals surface area contributed by atoms with Crippen molar-refractivity contribution in [3.05, 3.63) is 132 Å². The van der Waals surface area contributed by atoms with Gasteiger partial charge in [-0.1, -0.05) is 97.1 Å². The van der Waals surface area contributed by atoms with Gasteiger partial charge in [0.2, 0.25) is 4.08 Å². The lowest BCUT2D eigenvalue weighted by atomic mass is 10.2. The summed E-state index contributed by atoms with van der Waals surface area (Å²) >= 11 is 2.67. The highest BCUT2D eigenvalue weighted by Crippen LogP contribution is 2.43. The number of hydrogen-bond donors (Lipinski definition) is 2. The van der Waals surface area contributed by atoms with Crippen molar-refractivity contribution in [2.45, 2.75) is 15.6 Å². The van der Waals surface area contributed by atoms with Crippen LogP contribution in [0.5, 0.6) is 0 Å². The number of hydrogen-bond acceptors (Lipinski definition) is 4. The van der Waals surface area contributed by atoms with E-state index < -0.39 is 4.08 Å². The van der Waals surface area contributed by atoms with Crippen molar-refractivity contribution in [2.24, 2.45) is 0 Å². The molecule has 176 valence electrons. The van der Waals surface area contributed by atoms with Crippen molar-refractivity contribution < 1.29 is 9.59 Å². The van der Waals surface area contributed by atoms with E-state index in [4.69, 9.17) is 0 Å². The normalized spacial score (nSPS) is 11.0. The van der Waals surface area contributed by atoms with Crippen LogP contribution < -0.4 is 10.6 Å². The quantitative estimate of drug-likeness (QED) is 0.186. The van der Waals surface area contributed by atoms with Crippen LogP contribution in [0.15, 0.2) is 121 Å². The second-order valence-electron chi connectivity index (χ2n) is 7.81. The Labute approximate surface area is 214 Å². The maximum absolute atomic E-state index is 13.9. The smallest absolute Gasteiger partial charge is 0.260 e. The van der Waals surface area contributed by atoms with Crippen molar-refractivity contribution >= 4 is 46.7 Å². The van der Waals surface area contributed by atoms with E-state index in [2.05, 4.69) is 10.6 Å². The van der Waals surface area contributed by atoms with Crippen molar-refractivity contribution in [3.63, 3.8) is 0 Å². The number of amides is 2. The summed E-state index contributed by atoms with van der Waals surface area (Å²) in [5.41, 5.74) is 3.38. The Balaban J connectivity index is 1.68. The van der Waals surface area contributed by atoms with Crippen molar-refractivity contribution in [1.82, 2.24) is 0 Å². The van der Waals surface area contributed by atoms with Gasteiger partial charge in [0.25, 0.3) is 11.8 Å². The number of nitrogens with one attached hydrogen (secondary N) is 2. The number of thioether (sulfide) groups is 2. The molecule has 0 radical (unpaired) electrons. The molecular formula is C29H26N2O2S2. The van der Waals surface area contributed by atoms with Gasteiger partial charge in [0.05, 0.1) is 0 Å². The summed E-state index contributed by atoms with van der Waals surface area (Å²) in [6.07, 6.45) is 0. The van der Waals surface area contributed by atoms with E-state index in [0.717, 1.165) is 11.1 Å². The minimum absolute atomic E-state index is 0.362. The van der Waals surface area contributed by atoms with Crippen molar-refractivity contribution in [2.75, 3.05) is 10.6 Å². The first kappa shape index (κ1) is 24.6. The minimum Gasteiger partial charge on any atom is -0.324 e. The number of rotatable bonds is 10. The van der Waals surface area contributed by atoms with Crippen LogP contribution in [0.2, 0.25) is 0 Å². The van der Waals surface area contributed by atoms with E-state index >= 15 is 0 Å². The van der Waals surface area contributed by atoms with Crippen molar-refractivity contribution in [3.8, 4) is 0 Å². The van der Waals surface area contributed by atoms with Crippen LogP contribution in [0.4, 0.5) is 11.4 Å². The fourth-order valence-electron chi connectivity index (χ4n) is 3.40. The molecule has 4 aromatic carbocycles. The minimum atomic E-state index is -1.43. The van der Waals surface area contributed by atoms with Gasteiger partial charge in [-0.25, -0.2) is 0 Å². The van der Waals surface area contributed by atoms with Crippen LogP contribution in [-0.2, 0) is 21.1 Å². The summed E-state index contributed by atoms with van der Waals surface area (Å²) in [4.78, 5) is 27.8. The highest BCUT2D eigenvalue weighted by molar-refractivity contribution is 8.19. The molecule has 4 rings (SSSR count). The van der Waals surface area contributed by atoms with E-state index in [1.807, 2.05) is 121 Å². The molecule has 0 saturated heterocycles. The molecule has 2 N–H and O–H groups in total. The fraction of sp³-hybridized carbons (Fsp3) is 0.103. The zero-order valence-corrected chi connectivity index (χ0v) is 20.7. The topological polar surface area (TPSA) is 58.2 Å². The molecule has 0 aliphatic carbocycles. The molecule has 0 bridgehead atoms. The molecule has 0 unspecified atom stereocenters. The predicted molar refractivity (Wildman–Crippen MR) is 148 cm³/mol. The zero-order valence-electron chi connectivity index (χ0n) is 19.1. The average molecular weight is 499 g/mol.